The van der Waals surface area contributed by atoms with Gasteiger partial charge in [0.15, 0.2) is 0 Å². The molecular formula is C14H19NO3S. The molecule has 1 rings (SSSR count). The molecule has 19 heavy (non-hydrogen) atoms. The monoisotopic (exact) mass is 281 g/mol. The largest absolute Gasteiger partial charge is 0.384 e. The summed E-state index contributed by atoms with van der Waals surface area (Å²) in [6, 6.07) is 6.37. The molecule has 4 nitrogen and oxygen atoms in total. The quantitative estimate of drug-likeness (QED) is 0.850. The summed E-state index contributed by atoms with van der Waals surface area (Å²) in [6.07, 6.45) is 0. The molecule has 0 radical (unpaired) electrons. The second-order valence-corrected chi connectivity index (χ2v) is 6.18. The SMILES string of the molecule is CCN(C(C)C)S(=O)(=O)c1cccc(C#CCO)c1. The van der Waals surface area contributed by atoms with Crippen molar-refractivity contribution in [2.45, 2.75) is 31.7 Å². The molecule has 0 aliphatic heterocycles. The van der Waals surface area contributed by atoms with Gasteiger partial charge in [0.1, 0.15) is 6.61 Å². The van der Waals surface area contributed by atoms with Gasteiger partial charge in [-0.1, -0.05) is 24.8 Å². The Hall–Kier alpha value is -1.35. The first kappa shape index (κ1) is 15.7. The van der Waals surface area contributed by atoms with Gasteiger partial charge in [0.25, 0.3) is 0 Å². The minimum atomic E-state index is -3.49. The Kier molecular flexibility index (Phi) is 5.55. The highest BCUT2D eigenvalue weighted by molar-refractivity contribution is 7.89. The van der Waals surface area contributed by atoms with Crippen LogP contribution in [0.2, 0.25) is 0 Å². The van der Waals surface area contributed by atoms with Crippen LogP contribution < -0.4 is 0 Å². The topological polar surface area (TPSA) is 57.6 Å². The van der Waals surface area contributed by atoms with Gasteiger partial charge in [0, 0.05) is 18.2 Å². The Balaban J connectivity index is 3.22. The Morgan fingerprint density at radius 3 is 2.58 bits per heavy atom. The highest BCUT2D eigenvalue weighted by Crippen LogP contribution is 2.18. The smallest absolute Gasteiger partial charge is 0.243 e. The van der Waals surface area contributed by atoms with Crippen LogP contribution >= 0.6 is 0 Å². The van der Waals surface area contributed by atoms with Crippen LogP contribution in [0.25, 0.3) is 0 Å². The van der Waals surface area contributed by atoms with E-state index in [0.717, 1.165) is 0 Å². The lowest BCUT2D eigenvalue weighted by atomic mass is 10.2. The normalized spacial score (nSPS) is 11.5. The first-order valence-corrected chi connectivity index (χ1v) is 7.59. The molecule has 1 N–H and O–H groups in total. The van der Waals surface area contributed by atoms with E-state index < -0.39 is 10.0 Å². The average Bonchev–Trinajstić information content (AvgIpc) is 2.36. The molecule has 0 fully saturated rings. The summed E-state index contributed by atoms with van der Waals surface area (Å²) >= 11 is 0. The maximum atomic E-state index is 12.5. The van der Waals surface area contributed by atoms with Gasteiger partial charge in [-0.25, -0.2) is 8.42 Å². The molecule has 1 aromatic rings. The van der Waals surface area contributed by atoms with Crippen LogP contribution in [0.4, 0.5) is 0 Å². The molecular weight excluding hydrogens is 262 g/mol. The number of benzene rings is 1. The third-order valence-electron chi connectivity index (χ3n) is 2.64. The summed E-state index contributed by atoms with van der Waals surface area (Å²) in [7, 11) is -3.49. The fourth-order valence-electron chi connectivity index (χ4n) is 1.82. The minimum absolute atomic E-state index is 0.0952. The standard InChI is InChI=1S/C14H19NO3S/c1-4-15(12(2)3)19(17,18)14-9-5-7-13(11-14)8-6-10-16/h5,7,9,11-12,16H,4,10H2,1-3H3. The van der Waals surface area contributed by atoms with E-state index in [4.69, 9.17) is 5.11 Å². The van der Waals surface area contributed by atoms with Crippen LogP contribution in [0.5, 0.6) is 0 Å². The summed E-state index contributed by atoms with van der Waals surface area (Å²) in [6.45, 7) is 5.68. The summed E-state index contributed by atoms with van der Waals surface area (Å²) in [5.41, 5.74) is 0.579. The van der Waals surface area contributed by atoms with Gasteiger partial charge >= 0.3 is 0 Å². The van der Waals surface area contributed by atoms with Crippen LogP contribution in [0.1, 0.15) is 26.3 Å². The number of hydrogen-bond donors (Lipinski definition) is 1. The lowest BCUT2D eigenvalue weighted by Crippen LogP contribution is -2.36. The summed E-state index contributed by atoms with van der Waals surface area (Å²) in [5, 5.41) is 8.66. The third kappa shape index (κ3) is 3.80. The summed E-state index contributed by atoms with van der Waals surface area (Å²) in [4.78, 5) is 0.229. The van der Waals surface area contributed by atoms with Crippen molar-refractivity contribution in [1.29, 1.82) is 0 Å². The second-order valence-electron chi connectivity index (χ2n) is 4.29. The zero-order valence-corrected chi connectivity index (χ0v) is 12.2. The predicted octanol–water partition coefficient (Wildman–Crippen LogP) is 1.45. The molecule has 0 amide bonds. The van der Waals surface area contributed by atoms with Crippen molar-refractivity contribution in [2.24, 2.45) is 0 Å². The highest BCUT2D eigenvalue weighted by Gasteiger charge is 2.25. The van der Waals surface area contributed by atoms with E-state index in [1.54, 1.807) is 18.2 Å². The van der Waals surface area contributed by atoms with Gasteiger partial charge in [0.2, 0.25) is 10.0 Å². The molecule has 104 valence electrons. The van der Waals surface area contributed by atoms with Gasteiger partial charge in [-0.2, -0.15) is 4.31 Å². The van der Waals surface area contributed by atoms with Crippen molar-refractivity contribution in [3.8, 4) is 11.8 Å². The molecule has 0 atom stereocenters. The Morgan fingerprint density at radius 2 is 2.05 bits per heavy atom. The van der Waals surface area contributed by atoms with Crippen LogP contribution in [-0.4, -0.2) is 37.0 Å². The Labute approximate surface area is 115 Å². The Morgan fingerprint density at radius 1 is 1.37 bits per heavy atom. The van der Waals surface area contributed by atoms with E-state index in [2.05, 4.69) is 11.8 Å². The zero-order chi connectivity index (χ0) is 14.5. The zero-order valence-electron chi connectivity index (χ0n) is 11.4. The van der Waals surface area contributed by atoms with E-state index in [0.29, 0.717) is 12.1 Å². The molecule has 0 unspecified atom stereocenters. The maximum Gasteiger partial charge on any atom is 0.243 e. The average molecular weight is 281 g/mol. The molecule has 5 heteroatoms. The molecule has 0 aliphatic carbocycles. The van der Waals surface area contributed by atoms with E-state index in [-0.39, 0.29) is 17.5 Å². The lowest BCUT2D eigenvalue weighted by Gasteiger charge is -2.24. The first-order valence-electron chi connectivity index (χ1n) is 6.15. The first-order chi connectivity index (χ1) is 8.93. The second kappa shape index (κ2) is 6.71. The van der Waals surface area contributed by atoms with Crippen LogP contribution in [0, 0.1) is 11.8 Å². The number of nitrogens with zero attached hydrogens (tertiary/aromatic N) is 1. The van der Waals surface area contributed by atoms with E-state index in [9.17, 15) is 8.42 Å². The van der Waals surface area contributed by atoms with Crippen molar-refractivity contribution < 1.29 is 13.5 Å². The van der Waals surface area contributed by atoms with Crippen molar-refractivity contribution in [3.05, 3.63) is 29.8 Å². The molecule has 0 saturated carbocycles. The van der Waals surface area contributed by atoms with Crippen molar-refractivity contribution >= 4 is 10.0 Å². The van der Waals surface area contributed by atoms with Gasteiger partial charge < -0.3 is 5.11 Å². The molecule has 0 spiro atoms. The lowest BCUT2D eigenvalue weighted by molar-refractivity contribution is 0.350. The number of hydrogen-bond acceptors (Lipinski definition) is 3. The number of aliphatic hydroxyl groups excluding tert-OH is 1. The summed E-state index contributed by atoms with van der Waals surface area (Å²) < 4.78 is 26.4. The Bertz CT molecular complexity index is 582. The molecule has 0 bridgehead atoms. The number of rotatable bonds is 4. The minimum Gasteiger partial charge on any atom is -0.384 e. The van der Waals surface area contributed by atoms with Crippen LogP contribution in [0.3, 0.4) is 0 Å². The van der Waals surface area contributed by atoms with Gasteiger partial charge in [-0.05, 0) is 32.0 Å². The molecule has 0 saturated heterocycles. The molecule has 0 aliphatic rings. The van der Waals surface area contributed by atoms with E-state index in [1.165, 1.54) is 10.4 Å². The number of aliphatic hydroxyl groups is 1. The van der Waals surface area contributed by atoms with E-state index >= 15 is 0 Å². The highest BCUT2D eigenvalue weighted by atomic mass is 32.2. The fraction of sp³-hybridized carbons (Fsp3) is 0.429. The van der Waals surface area contributed by atoms with Gasteiger partial charge in [-0.3, -0.25) is 0 Å². The molecule has 0 aromatic heterocycles. The molecule has 0 heterocycles. The van der Waals surface area contributed by atoms with E-state index in [1.807, 2.05) is 20.8 Å². The van der Waals surface area contributed by atoms with Crippen molar-refractivity contribution in [1.82, 2.24) is 4.31 Å². The van der Waals surface area contributed by atoms with Crippen LogP contribution in [0.15, 0.2) is 29.2 Å². The van der Waals surface area contributed by atoms with Crippen LogP contribution in [-0.2, 0) is 10.0 Å². The van der Waals surface area contributed by atoms with Crippen molar-refractivity contribution in [3.63, 3.8) is 0 Å². The number of sulfonamides is 1. The predicted molar refractivity (Wildman–Crippen MR) is 75.1 cm³/mol. The fourth-order valence-corrected chi connectivity index (χ4v) is 3.52. The van der Waals surface area contributed by atoms with Gasteiger partial charge in [-0.15, -0.1) is 0 Å². The maximum absolute atomic E-state index is 12.5. The van der Waals surface area contributed by atoms with Crippen molar-refractivity contribution in [2.75, 3.05) is 13.2 Å². The summed E-state index contributed by atoms with van der Waals surface area (Å²) in [5.74, 6) is 5.22. The van der Waals surface area contributed by atoms with Gasteiger partial charge in [0.05, 0.1) is 4.90 Å². The third-order valence-corrected chi connectivity index (χ3v) is 4.79. The molecule has 1 aromatic carbocycles.